The molecule has 0 bridgehead atoms. The molecule has 0 saturated carbocycles. The van der Waals surface area contributed by atoms with E-state index < -0.39 is 0 Å². The maximum Gasteiger partial charge on any atom is 0.0713 e. The number of aromatic nitrogens is 4. The Morgan fingerprint density at radius 2 is 1.83 bits per heavy atom. The first-order valence-electron chi connectivity index (χ1n) is 3.79. The maximum absolute atomic E-state index is 3.95. The molecule has 0 unspecified atom stereocenters. The highest BCUT2D eigenvalue weighted by atomic mass is 15.1. The predicted octanol–water partition coefficient (Wildman–Crippen LogP) is 1.42. The fraction of sp³-hybridized carbons (Fsp3) is 0.250. The molecule has 2 aromatic heterocycles. The zero-order chi connectivity index (χ0) is 8.55. The highest BCUT2D eigenvalue weighted by Gasteiger charge is 2.07. The van der Waals surface area contributed by atoms with E-state index in [1.807, 2.05) is 20.0 Å². The third kappa shape index (κ3) is 0.922. The van der Waals surface area contributed by atoms with Crippen LogP contribution in [0.25, 0.3) is 11.3 Å². The number of rotatable bonds is 1. The van der Waals surface area contributed by atoms with E-state index >= 15 is 0 Å². The molecule has 0 fully saturated rings. The molecule has 2 aromatic rings. The summed E-state index contributed by atoms with van der Waals surface area (Å²) in [5.41, 5.74) is 4.33. The molecule has 2 rings (SSSR count). The molecule has 0 aromatic carbocycles. The number of aromatic amines is 2. The van der Waals surface area contributed by atoms with Gasteiger partial charge in [0, 0.05) is 11.3 Å². The summed E-state index contributed by atoms with van der Waals surface area (Å²) in [5.74, 6) is 0. The van der Waals surface area contributed by atoms with Crippen molar-refractivity contribution < 1.29 is 0 Å². The minimum Gasteiger partial charge on any atom is -0.282 e. The maximum atomic E-state index is 3.95. The van der Waals surface area contributed by atoms with Crippen molar-refractivity contribution in [1.82, 2.24) is 20.4 Å². The minimum absolute atomic E-state index is 1.04. The van der Waals surface area contributed by atoms with Gasteiger partial charge in [-0.25, -0.2) is 0 Å². The summed E-state index contributed by atoms with van der Waals surface area (Å²) in [6.45, 7) is 4.01. The topological polar surface area (TPSA) is 57.4 Å². The second-order valence-electron chi connectivity index (χ2n) is 2.84. The summed E-state index contributed by atoms with van der Waals surface area (Å²) < 4.78 is 0. The van der Waals surface area contributed by atoms with Crippen LogP contribution in [-0.4, -0.2) is 20.4 Å². The minimum atomic E-state index is 1.04. The molecule has 0 spiro atoms. The molecule has 0 aliphatic rings. The van der Waals surface area contributed by atoms with E-state index in [0.717, 1.165) is 22.5 Å². The van der Waals surface area contributed by atoms with Crippen LogP contribution in [0.3, 0.4) is 0 Å². The summed E-state index contributed by atoms with van der Waals surface area (Å²) in [6, 6.07) is 0. The number of hydrogen-bond acceptors (Lipinski definition) is 2. The molecule has 2 heterocycles. The normalized spacial score (nSPS) is 10.5. The Kier molecular flexibility index (Phi) is 1.46. The molecule has 0 saturated heterocycles. The summed E-state index contributed by atoms with van der Waals surface area (Å²) in [5, 5.41) is 13.7. The highest BCUT2D eigenvalue weighted by Crippen LogP contribution is 2.21. The van der Waals surface area contributed by atoms with Crippen molar-refractivity contribution in [1.29, 1.82) is 0 Å². The lowest BCUT2D eigenvalue weighted by atomic mass is 10.1. The van der Waals surface area contributed by atoms with Gasteiger partial charge in [0.05, 0.1) is 18.1 Å². The van der Waals surface area contributed by atoms with E-state index in [-0.39, 0.29) is 0 Å². The van der Waals surface area contributed by atoms with Crippen molar-refractivity contribution in [3.63, 3.8) is 0 Å². The molecule has 0 amide bonds. The molecular weight excluding hydrogens is 152 g/mol. The molecule has 12 heavy (non-hydrogen) atoms. The SMILES string of the molecule is Cc1cn[nH]c1-c1cn[nH]c1C. The molecule has 4 heteroatoms. The van der Waals surface area contributed by atoms with Gasteiger partial charge < -0.3 is 0 Å². The zero-order valence-corrected chi connectivity index (χ0v) is 7.05. The number of hydrogen-bond donors (Lipinski definition) is 2. The molecule has 0 radical (unpaired) electrons. The number of aryl methyl sites for hydroxylation is 2. The molecule has 4 nitrogen and oxygen atoms in total. The van der Waals surface area contributed by atoms with Crippen molar-refractivity contribution >= 4 is 0 Å². The van der Waals surface area contributed by atoms with Crippen LogP contribution in [0.15, 0.2) is 12.4 Å². The van der Waals surface area contributed by atoms with E-state index in [9.17, 15) is 0 Å². The average Bonchev–Trinajstić information content (AvgIpc) is 2.59. The van der Waals surface area contributed by atoms with Gasteiger partial charge in [-0.15, -0.1) is 0 Å². The van der Waals surface area contributed by atoms with Gasteiger partial charge in [-0.2, -0.15) is 10.2 Å². The number of nitrogens with zero attached hydrogens (tertiary/aromatic N) is 2. The van der Waals surface area contributed by atoms with Gasteiger partial charge in [0.1, 0.15) is 0 Å². The van der Waals surface area contributed by atoms with Crippen molar-refractivity contribution in [2.75, 3.05) is 0 Å². The van der Waals surface area contributed by atoms with Crippen molar-refractivity contribution in [2.45, 2.75) is 13.8 Å². The lowest BCUT2D eigenvalue weighted by Gasteiger charge is -1.94. The molecule has 0 aliphatic carbocycles. The van der Waals surface area contributed by atoms with Crippen LogP contribution >= 0.6 is 0 Å². The highest BCUT2D eigenvalue weighted by molar-refractivity contribution is 5.63. The second kappa shape index (κ2) is 2.48. The molecule has 0 aliphatic heterocycles. The van der Waals surface area contributed by atoms with Gasteiger partial charge in [-0.1, -0.05) is 0 Å². The molecule has 2 N–H and O–H groups in total. The van der Waals surface area contributed by atoms with E-state index in [4.69, 9.17) is 0 Å². The Bertz CT molecular complexity index is 347. The third-order valence-electron chi connectivity index (χ3n) is 1.93. The van der Waals surface area contributed by atoms with Crippen molar-refractivity contribution in [3.8, 4) is 11.3 Å². The smallest absolute Gasteiger partial charge is 0.0713 e. The fourth-order valence-corrected chi connectivity index (χ4v) is 1.22. The Balaban J connectivity index is 2.57. The molecule has 0 atom stereocenters. The third-order valence-corrected chi connectivity index (χ3v) is 1.93. The van der Waals surface area contributed by atoms with Gasteiger partial charge in [-0.3, -0.25) is 10.2 Å². The first kappa shape index (κ1) is 7.09. The monoisotopic (exact) mass is 162 g/mol. The van der Waals surface area contributed by atoms with E-state index in [1.165, 1.54) is 0 Å². The lowest BCUT2D eigenvalue weighted by Crippen LogP contribution is -1.81. The van der Waals surface area contributed by atoms with Crippen LogP contribution in [0, 0.1) is 13.8 Å². The quantitative estimate of drug-likeness (QED) is 0.666. The van der Waals surface area contributed by atoms with Crippen LogP contribution in [0.2, 0.25) is 0 Å². The number of H-pyrrole nitrogens is 2. The van der Waals surface area contributed by atoms with Crippen LogP contribution in [0.4, 0.5) is 0 Å². The Morgan fingerprint density at radius 1 is 1.08 bits per heavy atom. The summed E-state index contributed by atoms with van der Waals surface area (Å²) in [7, 11) is 0. The van der Waals surface area contributed by atoms with Crippen LogP contribution in [-0.2, 0) is 0 Å². The van der Waals surface area contributed by atoms with Gasteiger partial charge in [-0.05, 0) is 19.4 Å². The summed E-state index contributed by atoms with van der Waals surface area (Å²) >= 11 is 0. The van der Waals surface area contributed by atoms with E-state index in [1.54, 1.807) is 6.20 Å². The predicted molar refractivity (Wildman–Crippen MR) is 45.6 cm³/mol. The largest absolute Gasteiger partial charge is 0.282 e. The summed E-state index contributed by atoms with van der Waals surface area (Å²) in [6.07, 6.45) is 3.61. The van der Waals surface area contributed by atoms with Gasteiger partial charge in [0.15, 0.2) is 0 Å². The Hall–Kier alpha value is -1.58. The lowest BCUT2D eigenvalue weighted by molar-refractivity contribution is 1.05. The first-order chi connectivity index (χ1) is 5.79. The Labute approximate surface area is 70.0 Å². The van der Waals surface area contributed by atoms with Gasteiger partial charge >= 0.3 is 0 Å². The average molecular weight is 162 g/mol. The van der Waals surface area contributed by atoms with Gasteiger partial charge in [0.2, 0.25) is 0 Å². The summed E-state index contributed by atoms with van der Waals surface area (Å²) in [4.78, 5) is 0. The van der Waals surface area contributed by atoms with E-state index in [0.29, 0.717) is 0 Å². The first-order valence-corrected chi connectivity index (χ1v) is 3.79. The molecular formula is C8H10N4. The zero-order valence-electron chi connectivity index (χ0n) is 7.05. The number of nitrogens with one attached hydrogen (secondary N) is 2. The van der Waals surface area contributed by atoms with Crippen molar-refractivity contribution in [2.24, 2.45) is 0 Å². The second-order valence-corrected chi connectivity index (χ2v) is 2.84. The van der Waals surface area contributed by atoms with Crippen LogP contribution in [0.5, 0.6) is 0 Å². The van der Waals surface area contributed by atoms with E-state index in [2.05, 4.69) is 20.4 Å². The standard InChI is InChI=1S/C8H10N4/c1-5-3-9-12-8(5)7-4-10-11-6(7)2/h3-4H,1-2H3,(H,9,12)(H,10,11). The van der Waals surface area contributed by atoms with Crippen LogP contribution in [0.1, 0.15) is 11.3 Å². The van der Waals surface area contributed by atoms with Crippen molar-refractivity contribution in [3.05, 3.63) is 23.7 Å². The van der Waals surface area contributed by atoms with Gasteiger partial charge in [0.25, 0.3) is 0 Å². The Morgan fingerprint density at radius 3 is 2.33 bits per heavy atom. The molecule has 62 valence electrons. The van der Waals surface area contributed by atoms with Crippen LogP contribution < -0.4 is 0 Å². The fourth-order valence-electron chi connectivity index (χ4n) is 1.22.